The molecule has 5 rings (SSSR count). The van der Waals surface area contributed by atoms with Crippen molar-refractivity contribution in [3.8, 4) is 28.5 Å². The van der Waals surface area contributed by atoms with Crippen LogP contribution in [0.2, 0.25) is 0 Å². The van der Waals surface area contributed by atoms with Gasteiger partial charge in [-0.2, -0.15) is 5.26 Å². The fourth-order valence-electron chi connectivity index (χ4n) is 3.43. The van der Waals surface area contributed by atoms with Crippen molar-refractivity contribution in [2.45, 2.75) is 0 Å². The van der Waals surface area contributed by atoms with Crippen LogP contribution in [0.5, 0.6) is 0 Å². The third kappa shape index (κ3) is 3.10. The summed E-state index contributed by atoms with van der Waals surface area (Å²) in [5, 5.41) is 21.4. The molecule has 2 N–H and O–H groups in total. The number of carboxylic acids is 1. The number of nitrogens with one attached hydrogen (secondary N) is 1. The Bertz CT molecular complexity index is 1570. The van der Waals surface area contributed by atoms with E-state index in [1.807, 2.05) is 24.3 Å². The highest BCUT2D eigenvalue weighted by Crippen LogP contribution is 2.24. The molecule has 5 aromatic rings. The zero-order chi connectivity index (χ0) is 21.5. The Hall–Kier alpha value is -4.77. The maximum Gasteiger partial charge on any atom is 0.354 e. The molecule has 0 saturated carbocycles. The van der Waals surface area contributed by atoms with E-state index in [9.17, 15) is 9.59 Å². The van der Waals surface area contributed by atoms with Crippen LogP contribution < -0.4 is 5.56 Å². The third-order valence-corrected chi connectivity index (χ3v) is 5.04. The molecule has 0 aliphatic rings. The van der Waals surface area contributed by atoms with Gasteiger partial charge in [0.25, 0.3) is 5.56 Å². The molecule has 0 saturated heterocycles. The van der Waals surface area contributed by atoms with Gasteiger partial charge in [-0.25, -0.2) is 19.3 Å². The zero-order valence-corrected chi connectivity index (χ0v) is 15.9. The second kappa shape index (κ2) is 6.93. The highest BCUT2D eigenvalue weighted by molar-refractivity contribution is 5.86. The Morgan fingerprint density at radius 3 is 2.42 bits per heavy atom. The average Bonchev–Trinajstić information content (AvgIpc) is 3.23. The Kier molecular flexibility index (Phi) is 4.08. The lowest BCUT2D eigenvalue weighted by atomic mass is 10.0. The van der Waals surface area contributed by atoms with Crippen molar-refractivity contribution in [2.75, 3.05) is 0 Å². The normalized spacial score (nSPS) is 10.9. The summed E-state index contributed by atoms with van der Waals surface area (Å²) in [5.41, 5.74) is 4.30. The standard InChI is InChI=1S/C23H13N5O3/c24-11-13-1-3-14(4-2-13)15-5-7-17-20(9-15)26-21-10-19(27-28(21)22(17)29)16-6-8-18(23(30)31)25-12-16/h1-10,12,27H,(H,30,31). The number of hydrogen-bond donors (Lipinski definition) is 2. The monoisotopic (exact) mass is 407 g/mol. The van der Waals surface area contributed by atoms with Gasteiger partial charge in [0.15, 0.2) is 5.65 Å². The van der Waals surface area contributed by atoms with Crippen LogP contribution in [0.15, 0.2) is 71.7 Å². The van der Waals surface area contributed by atoms with E-state index in [4.69, 9.17) is 10.4 Å². The van der Waals surface area contributed by atoms with E-state index >= 15 is 0 Å². The first kappa shape index (κ1) is 18.3. The summed E-state index contributed by atoms with van der Waals surface area (Å²) in [6.45, 7) is 0. The summed E-state index contributed by atoms with van der Waals surface area (Å²) >= 11 is 0. The summed E-state index contributed by atoms with van der Waals surface area (Å²) in [4.78, 5) is 32.5. The van der Waals surface area contributed by atoms with E-state index in [0.29, 0.717) is 33.4 Å². The van der Waals surface area contributed by atoms with Crippen molar-refractivity contribution < 1.29 is 9.90 Å². The van der Waals surface area contributed by atoms with Crippen LogP contribution in [-0.4, -0.2) is 30.7 Å². The molecule has 0 bridgehead atoms. The van der Waals surface area contributed by atoms with Gasteiger partial charge >= 0.3 is 5.97 Å². The van der Waals surface area contributed by atoms with Gasteiger partial charge < -0.3 is 5.11 Å². The number of hydrogen-bond acceptors (Lipinski definition) is 5. The highest BCUT2D eigenvalue weighted by atomic mass is 16.4. The van der Waals surface area contributed by atoms with Gasteiger partial charge in [0.2, 0.25) is 0 Å². The Labute approximate surface area is 174 Å². The Balaban J connectivity index is 1.61. The number of benzene rings is 2. The van der Waals surface area contributed by atoms with Crippen LogP contribution in [0.3, 0.4) is 0 Å². The number of rotatable bonds is 3. The average molecular weight is 407 g/mol. The van der Waals surface area contributed by atoms with Crippen molar-refractivity contribution in [3.63, 3.8) is 0 Å². The lowest BCUT2D eigenvalue weighted by molar-refractivity contribution is 0.0690. The van der Waals surface area contributed by atoms with E-state index in [-0.39, 0.29) is 11.3 Å². The van der Waals surface area contributed by atoms with Gasteiger partial charge in [0.1, 0.15) is 5.69 Å². The minimum absolute atomic E-state index is 0.0591. The number of aromatic amines is 1. The zero-order valence-electron chi connectivity index (χ0n) is 15.9. The van der Waals surface area contributed by atoms with Gasteiger partial charge in [-0.3, -0.25) is 9.89 Å². The number of aromatic nitrogens is 4. The first-order valence-corrected chi connectivity index (χ1v) is 9.29. The van der Waals surface area contributed by atoms with Gasteiger partial charge in [-0.15, -0.1) is 0 Å². The van der Waals surface area contributed by atoms with E-state index in [1.54, 1.807) is 30.3 Å². The molecule has 0 unspecified atom stereocenters. The Morgan fingerprint density at radius 2 is 1.74 bits per heavy atom. The van der Waals surface area contributed by atoms with Gasteiger partial charge in [0, 0.05) is 17.8 Å². The van der Waals surface area contributed by atoms with Crippen molar-refractivity contribution in [3.05, 3.63) is 88.5 Å². The molecule has 0 aliphatic heterocycles. The van der Waals surface area contributed by atoms with E-state index in [2.05, 4.69) is 21.1 Å². The fraction of sp³-hybridized carbons (Fsp3) is 0. The SMILES string of the molecule is N#Cc1ccc(-c2ccc3c(=O)n4[nH]c(-c5ccc(C(=O)O)nc5)cc4nc3c2)cc1. The summed E-state index contributed by atoms with van der Waals surface area (Å²) in [6, 6.07) is 19.4. The largest absolute Gasteiger partial charge is 0.477 e. The second-order valence-corrected chi connectivity index (χ2v) is 6.94. The second-order valence-electron chi connectivity index (χ2n) is 6.94. The molecule has 3 aromatic heterocycles. The number of H-pyrrole nitrogens is 1. The molecule has 0 fully saturated rings. The molecule has 0 aliphatic carbocycles. The van der Waals surface area contributed by atoms with Crippen LogP contribution in [0, 0.1) is 11.3 Å². The van der Waals surface area contributed by atoms with Crippen molar-refractivity contribution >= 4 is 22.5 Å². The minimum Gasteiger partial charge on any atom is -0.477 e. The molecule has 8 heteroatoms. The summed E-state index contributed by atoms with van der Waals surface area (Å²) in [7, 11) is 0. The van der Waals surface area contributed by atoms with E-state index < -0.39 is 5.97 Å². The molecule has 3 heterocycles. The quantitative estimate of drug-likeness (QED) is 0.472. The predicted octanol–water partition coefficient (Wildman–Crippen LogP) is 3.47. The molecule has 0 spiro atoms. The fourth-order valence-corrected chi connectivity index (χ4v) is 3.43. The topological polar surface area (TPSA) is 124 Å². The number of nitrogens with zero attached hydrogens (tertiary/aromatic N) is 4. The van der Waals surface area contributed by atoms with Crippen LogP contribution in [-0.2, 0) is 0 Å². The first-order valence-electron chi connectivity index (χ1n) is 9.29. The van der Waals surface area contributed by atoms with Gasteiger partial charge in [0.05, 0.1) is 28.2 Å². The number of carbonyl (C=O) groups is 1. The number of fused-ring (bicyclic) bond motifs is 2. The highest BCUT2D eigenvalue weighted by Gasteiger charge is 2.12. The third-order valence-electron chi connectivity index (χ3n) is 5.04. The van der Waals surface area contributed by atoms with Crippen molar-refractivity contribution in [1.82, 2.24) is 19.6 Å². The first-order chi connectivity index (χ1) is 15.0. The van der Waals surface area contributed by atoms with Crippen LogP contribution in [0.4, 0.5) is 0 Å². The number of aromatic carboxylic acids is 1. The van der Waals surface area contributed by atoms with E-state index in [0.717, 1.165) is 11.1 Å². The minimum atomic E-state index is -1.11. The molecule has 2 aromatic carbocycles. The van der Waals surface area contributed by atoms with Crippen molar-refractivity contribution in [1.29, 1.82) is 5.26 Å². The van der Waals surface area contributed by atoms with Crippen molar-refractivity contribution in [2.24, 2.45) is 0 Å². The lowest BCUT2D eigenvalue weighted by Gasteiger charge is -2.04. The van der Waals surface area contributed by atoms with Gasteiger partial charge in [-0.05, 0) is 47.5 Å². The van der Waals surface area contributed by atoms with Crippen LogP contribution in [0.25, 0.3) is 38.9 Å². The molecule has 0 atom stereocenters. The molecule has 148 valence electrons. The van der Waals surface area contributed by atoms with Gasteiger partial charge in [-0.1, -0.05) is 18.2 Å². The van der Waals surface area contributed by atoms with Crippen LogP contribution in [0.1, 0.15) is 16.1 Å². The van der Waals surface area contributed by atoms with Crippen LogP contribution >= 0.6 is 0 Å². The Morgan fingerprint density at radius 1 is 1.00 bits per heavy atom. The maximum absolute atomic E-state index is 13.0. The predicted molar refractivity (Wildman–Crippen MR) is 114 cm³/mol. The molecule has 8 nitrogen and oxygen atoms in total. The lowest BCUT2D eigenvalue weighted by Crippen LogP contribution is -2.15. The summed E-state index contributed by atoms with van der Waals surface area (Å²) in [6.07, 6.45) is 1.43. The summed E-state index contributed by atoms with van der Waals surface area (Å²) < 4.78 is 1.35. The molecular formula is C23H13N5O3. The number of pyridine rings is 1. The summed E-state index contributed by atoms with van der Waals surface area (Å²) in [5.74, 6) is -1.11. The smallest absolute Gasteiger partial charge is 0.354 e. The number of nitriles is 1. The number of carboxylic acid groups (broad SMARTS) is 1. The maximum atomic E-state index is 13.0. The van der Waals surface area contributed by atoms with E-state index in [1.165, 1.54) is 16.8 Å². The molecular weight excluding hydrogens is 394 g/mol. The molecule has 31 heavy (non-hydrogen) atoms. The molecule has 0 amide bonds. The molecule has 0 radical (unpaired) electrons.